The van der Waals surface area contributed by atoms with E-state index in [2.05, 4.69) is 45.6 Å². The van der Waals surface area contributed by atoms with Gasteiger partial charge in [0.1, 0.15) is 0 Å². The number of hydrogen-bond acceptors (Lipinski definition) is 3. The minimum absolute atomic E-state index is 0.196. The Kier molecular flexibility index (Phi) is 5.33. The van der Waals surface area contributed by atoms with Gasteiger partial charge >= 0.3 is 0 Å². The molecule has 0 aromatic rings. The molecule has 1 aliphatic carbocycles. The van der Waals surface area contributed by atoms with E-state index in [1.54, 1.807) is 0 Å². The van der Waals surface area contributed by atoms with Crippen molar-refractivity contribution in [2.24, 2.45) is 17.3 Å². The summed E-state index contributed by atoms with van der Waals surface area (Å²) in [6.45, 7) is 13.3. The van der Waals surface area contributed by atoms with Crippen molar-refractivity contribution < 1.29 is 4.74 Å². The van der Waals surface area contributed by atoms with Crippen molar-refractivity contribution in [3.63, 3.8) is 0 Å². The zero-order valence-electron chi connectivity index (χ0n) is 14.4. The Labute approximate surface area is 130 Å². The van der Waals surface area contributed by atoms with Crippen LogP contribution in [0.2, 0.25) is 0 Å². The lowest BCUT2D eigenvalue weighted by atomic mass is 9.65. The first-order valence-corrected chi connectivity index (χ1v) is 8.66. The number of morpholine rings is 1. The molecule has 21 heavy (non-hydrogen) atoms. The van der Waals surface area contributed by atoms with Gasteiger partial charge in [-0.2, -0.15) is 5.26 Å². The van der Waals surface area contributed by atoms with E-state index in [4.69, 9.17) is 4.74 Å². The first-order chi connectivity index (χ1) is 9.89. The quantitative estimate of drug-likeness (QED) is 0.793. The van der Waals surface area contributed by atoms with Crippen LogP contribution in [0.4, 0.5) is 0 Å². The molecule has 0 aromatic heterocycles. The van der Waals surface area contributed by atoms with Gasteiger partial charge in [-0.3, -0.25) is 4.90 Å². The first kappa shape index (κ1) is 16.8. The third-order valence-corrected chi connectivity index (χ3v) is 6.08. The van der Waals surface area contributed by atoms with E-state index in [1.807, 2.05) is 0 Å². The summed E-state index contributed by atoms with van der Waals surface area (Å²) in [6, 6.07) is 3.45. The molecule has 1 saturated heterocycles. The van der Waals surface area contributed by atoms with Crippen LogP contribution < -0.4 is 0 Å². The Morgan fingerprint density at radius 2 is 2.00 bits per heavy atom. The van der Waals surface area contributed by atoms with E-state index >= 15 is 0 Å². The molecule has 3 nitrogen and oxygen atoms in total. The largest absolute Gasteiger partial charge is 0.376 e. The summed E-state index contributed by atoms with van der Waals surface area (Å²) in [7, 11) is 0. The van der Waals surface area contributed by atoms with Crippen LogP contribution in [0.15, 0.2) is 0 Å². The lowest BCUT2D eigenvalue weighted by Crippen LogP contribution is -2.56. The molecular formula is C18H32N2O. The smallest absolute Gasteiger partial charge is 0.0674 e. The summed E-state index contributed by atoms with van der Waals surface area (Å²) in [5, 5.41) is 9.58. The second kappa shape index (κ2) is 6.67. The monoisotopic (exact) mass is 292 g/mol. The Balaban J connectivity index is 2.15. The predicted octanol–water partition coefficient (Wildman–Crippen LogP) is 3.84. The van der Waals surface area contributed by atoms with Crippen LogP contribution in [0.25, 0.3) is 0 Å². The lowest BCUT2D eigenvalue weighted by Gasteiger charge is -2.49. The van der Waals surface area contributed by atoms with Gasteiger partial charge in [0.05, 0.1) is 24.7 Å². The number of hydrogen-bond donors (Lipinski definition) is 0. The van der Waals surface area contributed by atoms with Gasteiger partial charge < -0.3 is 4.74 Å². The van der Waals surface area contributed by atoms with Crippen LogP contribution in [0.1, 0.15) is 60.3 Å². The van der Waals surface area contributed by atoms with Crippen LogP contribution in [-0.2, 0) is 4.74 Å². The molecule has 0 N–H and O–H groups in total. The highest BCUT2D eigenvalue weighted by atomic mass is 16.5. The normalized spacial score (nSPS) is 39.0. The average Bonchev–Trinajstić information content (AvgIpc) is 2.49. The van der Waals surface area contributed by atoms with Gasteiger partial charge in [0.25, 0.3) is 0 Å². The Morgan fingerprint density at radius 1 is 1.29 bits per heavy atom. The molecule has 5 unspecified atom stereocenters. The number of nitrogens with zero attached hydrogens (tertiary/aromatic N) is 2. The van der Waals surface area contributed by atoms with Crippen LogP contribution in [-0.4, -0.2) is 36.2 Å². The van der Waals surface area contributed by atoms with E-state index in [1.165, 1.54) is 19.3 Å². The summed E-state index contributed by atoms with van der Waals surface area (Å²) >= 11 is 0. The summed E-state index contributed by atoms with van der Waals surface area (Å²) in [5.74, 6) is 0.934. The molecule has 1 aliphatic heterocycles. The molecule has 0 amide bonds. The van der Waals surface area contributed by atoms with Crippen LogP contribution in [0.3, 0.4) is 0 Å². The molecule has 120 valence electrons. The van der Waals surface area contributed by atoms with E-state index in [0.29, 0.717) is 23.6 Å². The van der Waals surface area contributed by atoms with E-state index in [-0.39, 0.29) is 5.92 Å². The molecule has 0 spiro atoms. The number of ether oxygens (including phenoxy) is 1. The standard InChI is InChI=1S/C18H32N2O/c1-6-18(4,5)16-8-7-15(10-19)17(9-16)20-11-14(3)21-12-13(20)2/h13-17H,6-9,11-12H2,1-5H3. The van der Waals surface area contributed by atoms with Gasteiger partial charge in [0, 0.05) is 18.6 Å². The van der Waals surface area contributed by atoms with Crippen LogP contribution in [0, 0.1) is 28.6 Å². The van der Waals surface area contributed by atoms with Crippen molar-refractivity contribution >= 4 is 0 Å². The topological polar surface area (TPSA) is 36.3 Å². The fourth-order valence-electron chi connectivity index (χ4n) is 4.05. The van der Waals surface area contributed by atoms with Gasteiger partial charge in [-0.15, -0.1) is 0 Å². The van der Waals surface area contributed by atoms with Gasteiger partial charge in [-0.25, -0.2) is 0 Å². The highest BCUT2D eigenvalue weighted by Gasteiger charge is 2.42. The fraction of sp³-hybridized carbons (Fsp3) is 0.944. The van der Waals surface area contributed by atoms with Gasteiger partial charge in [0.2, 0.25) is 0 Å². The van der Waals surface area contributed by atoms with Crippen molar-refractivity contribution in [1.29, 1.82) is 5.26 Å². The van der Waals surface area contributed by atoms with Crippen molar-refractivity contribution in [2.75, 3.05) is 13.2 Å². The molecule has 2 fully saturated rings. The van der Waals surface area contributed by atoms with Gasteiger partial charge in [-0.05, 0) is 44.4 Å². The molecule has 0 bridgehead atoms. The molecule has 5 atom stereocenters. The predicted molar refractivity (Wildman–Crippen MR) is 85.9 cm³/mol. The summed E-state index contributed by atoms with van der Waals surface area (Å²) in [6.07, 6.45) is 4.96. The molecule has 1 heterocycles. The van der Waals surface area contributed by atoms with Crippen LogP contribution >= 0.6 is 0 Å². The highest BCUT2D eigenvalue weighted by Crippen LogP contribution is 2.44. The molecule has 3 heteroatoms. The molecule has 2 aliphatic rings. The SMILES string of the molecule is CCC(C)(C)C1CCC(C#N)C(N2CC(C)OCC2C)C1. The average molecular weight is 292 g/mol. The van der Waals surface area contributed by atoms with E-state index < -0.39 is 0 Å². The zero-order chi connectivity index (χ0) is 15.6. The fourth-order valence-corrected chi connectivity index (χ4v) is 4.05. The second-order valence-electron chi connectivity index (χ2n) is 7.84. The summed E-state index contributed by atoms with van der Waals surface area (Å²) in [4.78, 5) is 2.57. The molecule has 1 saturated carbocycles. The second-order valence-corrected chi connectivity index (χ2v) is 7.84. The maximum absolute atomic E-state index is 9.58. The summed E-state index contributed by atoms with van der Waals surface area (Å²) < 4.78 is 5.77. The van der Waals surface area contributed by atoms with Crippen molar-refractivity contribution in [2.45, 2.75) is 78.5 Å². The Hall–Kier alpha value is -0.590. The van der Waals surface area contributed by atoms with Gasteiger partial charge in [-0.1, -0.05) is 27.2 Å². The third-order valence-electron chi connectivity index (χ3n) is 6.08. The molecule has 0 radical (unpaired) electrons. The number of rotatable bonds is 3. The summed E-state index contributed by atoms with van der Waals surface area (Å²) in [5.41, 5.74) is 0.389. The molecule has 0 aromatic carbocycles. The zero-order valence-corrected chi connectivity index (χ0v) is 14.4. The Bertz CT molecular complexity index is 387. The minimum Gasteiger partial charge on any atom is -0.376 e. The van der Waals surface area contributed by atoms with Gasteiger partial charge in [0.15, 0.2) is 0 Å². The van der Waals surface area contributed by atoms with Crippen LogP contribution in [0.5, 0.6) is 0 Å². The Morgan fingerprint density at radius 3 is 2.62 bits per heavy atom. The van der Waals surface area contributed by atoms with Crippen molar-refractivity contribution in [3.8, 4) is 6.07 Å². The number of nitriles is 1. The lowest BCUT2D eigenvalue weighted by molar-refractivity contribution is -0.0851. The van der Waals surface area contributed by atoms with E-state index in [9.17, 15) is 5.26 Å². The van der Waals surface area contributed by atoms with E-state index in [0.717, 1.165) is 25.5 Å². The molecule has 2 rings (SSSR count). The maximum atomic E-state index is 9.58. The van der Waals surface area contributed by atoms with Crippen molar-refractivity contribution in [3.05, 3.63) is 0 Å². The third kappa shape index (κ3) is 3.60. The highest BCUT2D eigenvalue weighted by molar-refractivity contribution is 5.01. The van der Waals surface area contributed by atoms with Crippen molar-refractivity contribution in [1.82, 2.24) is 4.90 Å². The minimum atomic E-state index is 0.196. The maximum Gasteiger partial charge on any atom is 0.0674 e. The first-order valence-electron chi connectivity index (χ1n) is 8.66. The molecular weight excluding hydrogens is 260 g/mol.